The normalized spacial score (nSPS) is 25.9. The maximum atomic E-state index is 14.4. The number of benzene rings is 1. The lowest BCUT2D eigenvalue weighted by atomic mass is 9.72. The van der Waals surface area contributed by atoms with E-state index in [1.54, 1.807) is 23.5 Å². The van der Waals surface area contributed by atoms with E-state index >= 15 is 0 Å². The molecule has 2 atom stereocenters. The standard InChI is InChI=1S/C23H27F2N3OS/c1-16(2)19-13-30-20(27-19)12-28-10-9-22(14-28,21-23(24,25)15-29-21)8-7-17-3-5-18(11-26)6-4-17/h3-6,13,16,21H,7-10,12,14-15H2,1-2H3/t21-,22-/m1/s1. The van der Waals surface area contributed by atoms with Crippen LogP contribution in [0.1, 0.15) is 54.4 Å². The highest BCUT2D eigenvalue weighted by atomic mass is 32.1. The van der Waals surface area contributed by atoms with E-state index in [1.807, 2.05) is 12.1 Å². The van der Waals surface area contributed by atoms with Crippen molar-refractivity contribution >= 4 is 11.3 Å². The molecule has 30 heavy (non-hydrogen) atoms. The number of hydrogen-bond donors (Lipinski definition) is 0. The molecule has 4 rings (SSSR count). The number of aryl methyl sites for hydroxylation is 1. The van der Waals surface area contributed by atoms with Crippen LogP contribution in [-0.2, 0) is 17.7 Å². The van der Waals surface area contributed by atoms with Crippen LogP contribution in [0.25, 0.3) is 0 Å². The summed E-state index contributed by atoms with van der Waals surface area (Å²) in [5, 5.41) is 12.1. The Bertz CT molecular complexity index is 921. The summed E-state index contributed by atoms with van der Waals surface area (Å²) in [6.07, 6.45) is 1.02. The van der Waals surface area contributed by atoms with Gasteiger partial charge in [0.15, 0.2) is 0 Å². The minimum Gasteiger partial charge on any atom is -0.365 e. The van der Waals surface area contributed by atoms with Crippen LogP contribution in [0.4, 0.5) is 8.78 Å². The lowest BCUT2D eigenvalue weighted by Gasteiger charge is -2.48. The van der Waals surface area contributed by atoms with Gasteiger partial charge in [0, 0.05) is 17.3 Å². The molecule has 0 N–H and O–H groups in total. The molecule has 0 unspecified atom stereocenters. The molecular formula is C23H27F2N3OS. The van der Waals surface area contributed by atoms with Gasteiger partial charge in [-0.3, -0.25) is 4.90 Å². The molecule has 160 valence electrons. The SMILES string of the molecule is CC(C)c1csc(CN2CC[C@@](CCc3ccc(C#N)cc3)([C@H]3OCC3(F)F)C2)n1. The van der Waals surface area contributed by atoms with Crippen molar-refractivity contribution < 1.29 is 13.5 Å². The van der Waals surface area contributed by atoms with E-state index in [0.29, 0.717) is 43.8 Å². The second-order valence-electron chi connectivity index (χ2n) is 8.90. The van der Waals surface area contributed by atoms with Gasteiger partial charge in [-0.15, -0.1) is 11.3 Å². The number of hydrogen-bond acceptors (Lipinski definition) is 5. The van der Waals surface area contributed by atoms with Gasteiger partial charge in [-0.1, -0.05) is 26.0 Å². The Kier molecular flexibility index (Phi) is 5.93. The lowest BCUT2D eigenvalue weighted by Crippen LogP contribution is -2.61. The molecule has 2 aliphatic heterocycles. The van der Waals surface area contributed by atoms with Crippen LogP contribution in [0.15, 0.2) is 29.6 Å². The van der Waals surface area contributed by atoms with Gasteiger partial charge < -0.3 is 4.74 Å². The number of ether oxygens (including phenoxy) is 1. The zero-order valence-corrected chi connectivity index (χ0v) is 18.2. The third kappa shape index (κ3) is 4.27. The van der Waals surface area contributed by atoms with Gasteiger partial charge in [-0.2, -0.15) is 5.26 Å². The van der Waals surface area contributed by atoms with Gasteiger partial charge in [-0.25, -0.2) is 13.8 Å². The summed E-state index contributed by atoms with van der Waals surface area (Å²) in [4.78, 5) is 6.96. The summed E-state index contributed by atoms with van der Waals surface area (Å²) in [5.74, 6) is -2.37. The first-order chi connectivity index (χ1) is 14.3. The van der Waals surface area contributed by atoms with E-state index in [-0.39, 0.29) is 0 Å². The van der Waals surface area contributed by atoms with Crippen LogP contribution < -0.4 is 0 Å². The molecule has 2 fully saturated rings. The average molecular weight is 432 g/mol. The number of alkyl halides is 2. The van der Waals surface area contributed by atoms with Crippen molar-refractivity contribution in [2.24, 2.45) is 5.41 Å². The third-order valence-corrected chi connectivity index (χ3v) is 7.21. The molecule has 0 radical (unpaired) electrons. The van der Waals surface area contributed by atoms with Crippen molar-refractivity contribution in [3.63, 3.8) is 0 Å². The highest BCUT2D eigenvalue weighted by Crippen LogP contribution is 2.50. The molecule has 7 heteroatoms. The van der Waals surface area contributed by atoms with E-state index < -0.39 is 24.0 Å². The van der Waals surface area contributed by atoms with Gasteiger partial charge in [-0.05, 0) is 49.4 Å². The maximum absolute atomic E-state index is 14.4. The zero-order chi connectivity index (χ0) is 21.4. The van der Waals surface area contributed by atoms with E-state index in [1.165, 1.54) is 0 Å². The molecule has 2 saturated heterocycles. The summed E-state index contributed by atoms with van der Waals surface area (Å²) < 4.78 is 34.2. The summed E-state index contributed by atoms with van der Waals surface area (Å²) in [7, 11) is 0. The van der Waals surface area contributed by atoms with Crippen LogP contribution in [-0.4, -0.2) is 41.6 Å². The molecule has 4 nitrogen and oxygen atoms in total. The zero-order valence-electron chi connectivity index (χ0n) is 17.4. The molecule has 0 saturated carbocycles. The Hall–Kier alpha value is -1.88. The number of nitrogens with zero attached hydrogens (tertiary/aromatic N) is 3. The van der Waals surface area contributed by atoms with Gasteiger partial charge in [0.05, 0.1) is 23.9 Å². The molecular weight excluding hydrogens is 404 g/mol. The van der Waals surface area contributed by atoms with E-state index in [4.69, 9.17) is 15.0 Å². The van der Waals surface area contributed by atoms with Gasteiger partial charge in [0.25, 0.3) is 5.92 Å². The Balaban J connectivity index is 1.46. The van der Waals surface area contributed by atoms with Gasteiger partial charge >= 0.3 is 0 Å². The fourth-order valence-corrected chi connectivity index (χ4v) is 5.58. The number of rotatable bonds is 7. The lowest BCUT2D eigenvalue weighted by molar-refractivity contribution is -0.301. The van der Waals surface area contributed by atoms with Crippen LogP contribution >= 0.6 is 11.3 Å². The first-order valence-corrected chi connectivity index (χ1v) is 11.3. The van der Waals surface area contributed by atoms with Gasteiger partial charge in [0.2, 0.25) is 0 Å². The van der Waals surface area contributed by atoms with E-state index in [0.717, 1.165) is 22.8 Å². The van der Waals surface area contributed by atoms with Gasteiger partial charge in [0.1, 0.15) is 17.7 Å². The molecule has 2 aromatic rings. The van der Waals surface area contributed by atoms with Crippen molar-refractivity contribution in [3.8, 4) is 6.07 Å². The third-order valence-electron chi connectivity index (χ3n) is 6.36. The second kappa shape index (κ2) is 8.33. The summed E-state index contributed by atoms with van der Waals surface area (Å²) in [6.45, 7) is 5.85. The first-order valence-electron chi connectivity index (χ1n) is 10.5. The van der Waals surface area contributed by atoms with Crippen molar-refractivity contribution in [2.75, 3.05) is 19.7 Å². The van der Waals surface area contributed by atoms with Crippen LogP contribution in [0.2, 0.25) is 0 Å². The predicted molar refractivity (Wildman–Crippen MR) is 113 cm³/mol. The average Bonchev–Trinajstić information content (AvgIpc) is 3.34. The van der Waals surface area contributed by atoms with Crippen molar-refractivity contribution in [2.45, 2.75) is 57.6 Å². The van der Waals surface area contributed by atoms with Crippen LogP contribution in [0.3, 0.4) is 0 Å². The Morgan fingerprint density at radius 3 is 2.67 bits per heavy atom. The highest BCUT2D eigenvalue weighted by molar-refractivity contribution is 7.09. The fourth-order valence-electron chi connectivity index (χ4n) is 4.58. The highest BCUT2D eigenvalue weighted by Gasteiger charge is 2.61. The summed E-state index contributed by atoms with van der Waals surface area (Å²) in [5.41, 5.74) is 2.21. The van der Waals surface area contributed by atoms with Crippen LogP contribution in [0, 0.1) is 16.7 Å². The van der Waals surface area contributed by atoms with Crippen molar-refractivity contribution in [1.29, 1.82) is 5.26 Å². The number of halogens is 2. The molecule has 3 heterocycles. The predicted octanol–water partition coefficient (Wildman–Crippen LogP) is 5.00. The van der Waals surface area contributed by atoms with Crippen molar-refractivity contribution in [3.05, 3.63) is 51.5 Å². The Morgan fingerprint density at radius 2 is 2.10 bits per heavy atom. The smallest absolute Gasteiger partial charge is 0.297 e. The number of thiazole rings is 1. The summed E-state index contributed by atoms with van der Waals surface area (Å²) in [6, 6.07) is 9.52. The maximum Gasteiger partial charge on any atom is 0.297 e. The van der Waals surface area contributed by atoms with E-state index in [2.05, 4.69) is 30.2 Å². The molecule has 1 aromatic heterocycles. The van der Waals surface area contributed by atoms with Crippen LogP contribution in [0.5, 0.6) is 0 Å². The molecule has 0 spiro atoms. The number of likely N-dealkylation sites (tertiary alicyclic amines) is 1. The molecule has 0 bridgehead atoms. The topological polar surface area (TPSA) is 49.2 Å². The fraction of sp³-hybridized carbons (Fsp3) is 0.565. The largest absolute Gasteiger partial charge is 0.365 e. The monoisotopic (exact) mass is 431 g/mol. The molecule has 1 aromatic carbocycles. The quantitative estimate of drug-likeness (QED) is 0.619. The second-order valence-corrected chi connectivity index (χ2v) is 9.85. The Labute approximate surface area is 180 Å². The summed E-state index contributed by atoms with van der Waals surface area (Å²) >= 11 is 1.65. The number of aromatic nitrogens is 1. The molecule has 0 amide bonds. The van der Waals surface area contributed by atoms with Crippen molar-refractivity contribution in [1.82, 2.24) is 9.88 Å². The molecule has 2 aliphatic rings. The first kappa shape index (κ1) is 21.4. The molecule has 0 aliphatic carbocycles. The number of nitriles is 1. The van der Waals surface area contributed by atoms with E-state index in [9.17, 15) is 8.78 Å². The Morgan fingerprint density at radius 1 is 1.33 bits per heavy atom. The minimum absolute atomic E-state index is 0.391. The minimum atomic E-state index is -2.76.